The van der Waals surface area contributed by atoms with Crippen LogP contribution in [0.5, 0.6) is 0 Å². The quantitative estimate of drug-likeness (QED) is 0.772. The molecule has 0 aliphatic heterocycles. The summed E-state index contributed by atoms with van der Waals surface area (Å²) in [4.78, 5) is 10.8. The van der Waals surface area contributed by atoms with Crippen LogP contribution in [-0.4, -0.2) is 23.6 Å². The molecule has 1 aliphatic carbocycles. The third-order valence-corrected chi connectivity index (χ3v) is 4.31. The van der Waals surface area contributed by atoms with E-state index in [1.54, 1.807) is 6.33 Å². The number of hydrogen-bond donors (Lipinski definition) is 0. The first-order valence-electron chi connectivity index (χ1n) is 7.31. The molecule has 0 unspecified atom stereocenters. The lowest BCUT2D eigenvalue weighted by molar-refractivity contribution is 0.361. The van der Waals surface area contributed by atoms with Crippen molar-refractivity contribution in [2.24, 2.45) is 5.92 Å². The Kier molecular flexibility index (Phi) is 5.03. The van der Waals surface area contributed by atoms with Gasteiger partial charge in [0.25, 0.3) is 0 Å². The summed E-state index contributed by atoms with van der Waals surface area (Å²) in [7, 11) is 2.12. The Morgan fingerprint density at radius 2 is 1.95 bits per heavy atom. The van der Waals surface area contributed by atoms with Crippen LogP contribution < -0.4 is 4.90 Å². The van der Waals surface area contributed by atoms with Crippen molar-refractivity contribution < 1.29 is 0 Å². The molecule has 0 bridgehead atoms. The normalized spacial score (nSPS) is 16.9. The molecule has 4 heteroatoms. The van der Waals surface area contributed by atoms with Crippen LogP contribution in [0.1, 0.15) is 57.4 Å². The van der Waals surface area contributed by atoms with Gasteiger partial charge in [-0.25, -0.2) is 9.97 Å². The molecule has 1 aliphatic rings. The first-order valence-corrected chi connectivity index (χ1v) is 7.69. The summed E-state index contributed by atoms with van der Waals surface area (Å²) < 4.78 is 0. The van der Waals surface area contributed by atoms with Gasteiger partial charge in [-0.05, 0) is 24.7 Å². The van der Waals surface area contributed by atoms with Gasteiger partial charge < -0.3 is 4.90 Å². The second kappa shape index (κ2) is 6.56. The topological polar surface area (TPSA) is 29.0 Å². The van der Waals surface area contributed by atoms with E-state index in [0.29, 0.717) is 11.1 Å². The molecule has 19 heavy (non-hydrogen) atoms. The fraction of sp³-hybridized carbons (Fsp3) is 0.733. The van der Waals surface area contributed by atoms with E-state index in [-0.39, 0.29) is 0 Å². The molecule has 0 atom stereocenters. The highest BCUT2D eigenvalue weighted by atomic mass is 35.5. The molecule has 0 N–H and O–H groups in total. The number of nitrogens with zero attached hydrogens (tertiary/aromatic N) is 3. The standard InChI is InChI=1S/C15H24ClN3/c1-11(2)13-14(16)17-10-18-15(13)19(3)9-12-7-5-4-6-8-12/h10-12H,4-9H2,1-3H3. The third kappa shape index (κ3) is 3.59. The number of hydrogen-bond acceptors (Lipinski definition) is 3. The lowest BCUT2D eigenvalue weighted by atomic mass is 9.89. The average Bonchev–Trinajstić information content (AvgIpc) is 2.39. The zero-order valence-electron chi connectivity index (χ0n) is 12.2. The molecule has 3 nitrogen and oxygen atoms in total. The van der Waals surface area contributed by atoms with E-state index in [4.69, 9.17) is 11.6 Å². The van der Waals surface area contributed by atoms with Gasteiger partial charge in [0.2, 0.25) is 0 Å². The van der Waals surface area contributed by atoms with Crippen LogP contribution in [0.15, 0.2) is 6.33 Å². The van der Waals surface area contributed by atoms with Gasteiger partial charge in [-0.15, -0.1) is 0 Å². The van der Waals surface area contributed by atoms with Crippen LogP contribution in [0, 0.1) is 5.92 Å². The van der Waals surface area contributed by atoms with Crippen LogP contribution in [-0.2, 0) is 0 Å². The van der Waals surface area contributed by atoms with Crippen molar-refractivity contribution in [3.8, 4) is 0 Å². The van der Waals surface area contributed by atoms with Crippen molar-refractivity contribution in [2.45, 2.75) is 51.9 Å². The highest BCUT2D eigenvalue weighted by Gasteiger charge is 2.20. The summed E-state index contributed by atoms with van der Waals surface area (Å²) in [6.07, 6.45) is 8.41. The van der Waals surface area contributed by atoms with Crippen LogP contribution in [0.2, 0.25) is 5.15 Å². The molecule has 1 aromatic rings. The van der Waals surface area contributed by atoms with Gasteiger partial charge in [-0.2, -0.15) is 0 Å². The van der Waals surface area contributed by atoms with Crippen LogP contribution in [0.3, 0.4) is 0 Å². The third-order valence-electron chi connectivity index (χ3n) is 4.01. The summed E-state index contributed by atoms with van der Waals surface area (Å²) in [5.41, 5.74) is 1.07. The first-order chi connectivity index (χ1) is 9.09. The lowest BCUT2D eigenvalue weighted by Gasteiger charge is -2.29. The fourth-order valence-electron chi connectivity index (χ4n) is 3.01. The molecule has 1 aromatic heterocycles. The number of aromatic nitrogens is 2. The molecule has 2 rings (SSSR count). The summed E-state index contributed by atoms with van der Waals surface area (Å²) in [5.74, 6) is 2.14. The Balaban J connectivity index is 2.13. The predicted molar refractivity (Wildman–Crippen MR) is 81.0 cm³/mol. The second-order valence-corrected chi connectivity index (χ2v) is 6.30. The molecule has 0 radical (unpaired) electrons. The summed E-state index contributed by atoms with van der Waals surface area (Å²) >= 11 is 6.23. The minimum absolute atomic E-state index is 0.345. The Morgan fingerprint density at radius 1 is 1.26 bits per heavy atom. The van der Waals surface area contributed by atoms with E-state index in [2.05, 4.69) is 35.8 Å². The first kappa shape index (κ1) is 14.6. The molecule has 106 valence electrons. The minimum atomic E-state index is 0.345. The maximum atomic E-state index is 6.23. The summed E-state index contributed by atoms with van der Waals surface area (Å²) in [6, 6.07) is 0. The monoisotopic (exact) mass is 281 g/mol. The van der Waals surface area contributed by atoms with Gasteiger partial charge in [0.05, 0.1) is 0 Å². The van der Waals surface area contributed by atoms with Crippen molar-refractivity contribution >= 4 is 17.4 Å². The Labute approximate surface area is 121 Å². The Morgan fingerprint density at radius 3 is 2.58 bits per heavy atom. The van der Waals surface area contributed by atoms with Crippen molar-refractivity contribution in [3.05, 3.63) is 17.0 Å². The largest absolute Gasteiger partial charge is 0.359 e. The fourth-order valence-corrected chi connectivity index (χ4v) is 3.36. The summed E-state index contributed by atoms with van der Waals surface area (Å²) in [6.45, 7) is 5.36. The van der Waals surface area contributed by atoms with E-state index < -0.39 is 0 Å². The Bertz CT molecular complexity index is 414. The summed E-state index contributed by atoms with van der Waals surface area (Å²) in [5, 5.41) is 0.593. The van der Waals surface area contributed by atoms with Gasteiger partial charge in [0, 0.05) is 19.2 Å². The molecule has 1 fully saturated rings. The van der Waals surface area contributed by atoms with Gasteiger partial charge >= 0.3 is 0 Å². The van der Waals surface area contributed by atoms with Gasteiger partial charge in [0.15, 0.2) is 0 Å². The zero-order valence-corrected chi connectivity index (χ0v) is 13.0. The van der Waals surface area contributed by atoms with E-state index in [1.807, 2.05) is 0 Å². The van der Waals surface area contributed by atoms with Gasteiger partial charge in [-0.1, -0.05) is 44.7 Å². The van der Waals surface area contributed by atoms with E-state index in [1.165, 1.54) is 32.1 Å². The number of anilines is 1. The lowest BCUT2D eigenvalue weighted by Crippen LogP contribution is -2.28. The molecular weight excluding hydrogens is 258 g/mol. The SMILES string of the molecule is CC(C)c1c(Cl)ncnc1N(C)CC1CCCCC1. The average molecular weight is 282 g/mol. The van der Waals surface area contributed by atoms with Gasteiger partial charge in [0.1, 0.15) is 17.3 Å². The van der Waals surface area contributed by atoms with Crippen molar-refractivity contribution in [1.29, 1.82) is 0 Å². The van der Waals surface area contributed by atoms with Crippen molar-refractivity contribution in [2.75, 3.05) is 18.5 Å². The van der Waals surface area contributed by atoms with Crippen LogP contribution in [0.25, 0.3) is 0 Å². The molecular formula is C15H24ClN3. The minimum Gasteiger partial charge on any atom is -0.359 e. The maximum Gasteiger partial charge on any atom is 0.138 e. The van der Waals surface area contributed by atoms with E-state index in [9.17, 15) is 0 Å². The number of halogens is 1. The number of rotatable bonds is 4. The molecule has 0 amide bonds. The van der Waals surface area contributed by atoms with E-state index >= 15 is 0 Å². The zero-order chi connectivity index (χ0) is 13.8. The van der Waals surface area contributed by atoms with Crippen molar-refractivity contribution in [1.82, 2.24) is 9.97 Å². The molecule has 0 spiro atoms. The maximum absolute atomic E-state index is 6.23. The van der Waals surface area contributed by atoms with Crippen LogP contribution >= 0.6 is 11.6 Å². The molecule has 0 saturated heterocycles. The Hall–Kier alpha value is -0.830. The molecule has 1 saturated carbocycles. The van der Waals surface area contributed by atoms with E-state index in [0.717, 1.165) is 23.8 Å². The van der Waals surface area contributed by atoms with Gasteiger partial charge in [-0.3, -0.25) is 0 Å². The molecule has 0 aromatic carbocycles. The highest BCUT2D eigenvalue weighted by Crippen LogP contribution is 2.31. The smallest absolute Gasteiger partial charge is 0.138 e. The van der Waals surface area contributed by atoms with Crippen LogP contribution in [0.4, 0.5) is 5.82 Å². The second-order valence-electron chi connectivity index (χ2n) is 5.94. The predicted octanol–water partition coefficient (Wildman–Crippen LogP) is 4.27. The molecule has 1 heterocycles. The highest BCUT2D eigenvalue weighted by molar-refractivity contribution is 6.30. The van der Waals surface area contributed by atoms with Crippen molar-refractivity contribution in [3.63, 3.8) is 0 Å².